The van der Waals surface area contributed by atoms with Crippen molar-refractivity contribution in [2.45, 2.75) is 13.5 Å². The van der Waals surface area contributed by atoms with Crippen LogP contribution in [0.1, 0.15) is 11.1 Å². The van der Waals surface area contributed by atoms with Crippen LogP contribution >= 0.6 is 11.6 Å². The third-order valence-electron chi connectivity index (χ3n) is 3.29. The van der Waals surface area contributed by atoms with Crippen LogP contribution in [-0.2, 0) is 4.79 Å². The summed E-state index contributed by atoms with van der Waals surface area (Å²) in [7, 11) is 1.34. The Morgan fingerprint density at radius 3 is 2.68 bits per heavy atom. The standard InChI is InChI=1S/C18H16ClF2NO3/c1-11-6-8-13(10-14(11)19)22-16(23)9-7-12-4-3-5-15(24-2)17(12)25-18(20)21/h3-10,18H,1-2H3,(H,22,23)/b9-7+. The van der Waals surface area contributed by atoms with Crippen molar-refractivity contribution in [3.63, 3.8) is 0 Å². The third-order valence-corrected chi connectivity index (χ3v) is 3.70. The number of carbonyl (C=O) groups is 1. The lowest BCUT2D eigenvalue weighted by Gasteiger charge is -2.12. The average Bonchev–Trinajstić information content (AvgIpc) is 2.56. The van der Waals surface area contributed by atoms with E-state index in [0.717, 1.165) is 5.56 Å². The first kappa shape index (κ1) is 18.7. The first-order chi connectivity index (χ1) is 11.9. The highest BCUT2D eigenvalue weighted by molar-refractivity contribution is 6.31. The zero-order valence-corrected chi connectivity index (χ0v) is 14.3. The summed E-state index contributed by atoms with van der Waals surface area (Å²) in [5, 5.41) is 3.17. The zero-order chi connectivity index (χ0) is 18.4. The fourth-order valence-corrected chi connectivity index (χ4v) is 2.24. The van der Waals surface area contributed by atoms with E-state index in [9.17, 15) is 13.6 Å². The van der Waals surface area contributed by atoms with Crippen LogP contribution in [0.25, 0.3) is 6.08 Å². The summed E-state index contributed by atoms with van der Waals surface area (Å²) >= 11 is 6.00. The number of aryl methyl sites for hydroxylation is 1. The number of rotatable bonds is 6. The Morgan fingerprint density at radius 1 is 1.28 bits per heavy atom. The van der Waals surface area contributed by atoms with Crippen molar-refractivity contribution in [3.8, 4) is 11.5 Å². The number of halogens is 3. The summed E-state index contributed by atoms with van der Waals surface area (Å²) in [5.41, 5.74) is 1.71. The molecule has 1 N–H and O–H groups in total. The Morgan fingerprint density at radius 2 is 2.04 bits per heavy atom. The maximum Gasteiger partial charge on any atom is 0.387 e. The molecule has 2 aromatic rings. The van der Waals surface area contributed by atoms with Crippen molar-refractivity contribution < 1.29 is 23.0 Å². The molecule has 0 unspecified atom stereocenters. The quantitative estimate of drug-likeness (QED) is 0.738. The van der Waals surface area contributed by atoms with Crippen molar-refractivity contribution in [2.24, 2.45) is 0 Å². The smallest absolute Gasteiger partial charge is 0.387 e. The molecule has 0 aliphatic rings. The molecule has 0 radical (unpaired) electrons. The highest BCUT2D eigenvalue weighted by atomic mass is 35.5. The first-order valence-electron chi connectivity index (χ1n) is 7.27. The van der Waals surface area contributed by atoms with Gasteiger partial charge in [-0.15, -0.1) is 0 Å². The Kier molecular flexibility index (Phi) is 6.36. The van der Waals surface area contributed by atoms with Crippen LogP contribution in [0, 0.1) is 6.92 Å². The molecule has 0 spiro atoms. The van der Waals surface area contributed by atoms with E-state index in [1.54, 1.807) is 24.3 Å². The second-order valence-corrected chi connectivity index (χ2v) is 5.45. The van der Waals surface area contributed by atoms with Gasteiger partial charge in [-0.3, -0.25) is 4.79 Å². The highest BCUT2D eigenvalue weighted by Crippen LogP contribution is 2.33. The molecule has 0 atom stereocenters. The lowest BCUT2D eigenvalue weighted by Crippen LogP contribution is -2.08. The molecule has 0 saturated heterocycles. The lowest BCUT2D eigenvalue weighted by molar-refractivity contribution is -0.111. The fraction of sp³-hybridized carbons (Fsp3) is 0.167. The number of carbonyl (C=O) groups excluding carboxylic acids is 1. The summed E-state index contributed by atoms with van der Waals surface area (Å²) in [5.74, 6) is -0.429. The number of benzene rings is 2. The van der Waals surface area contributed by atoms with Gasteiger partial charge in [-0.1, -0.05) is 29.8 Å². The largest absolute Gasteiger partial charge is 0.493 e. The van der Waals surface area contributed by atoms with E-state index >= 15 is 0 Å². The van der Waals surface area contributed by atoms with E-state index in [1.165, 1.54) is 31.4 Å². The van der Waals surface area contributed by atoms with Gasteiger partial charge in [0.05, 0.1) is 7.11 Å². The minimum absolute atomic E-state index is 0.137. The number of hydrogen-bond acceptors (Lipinski definition) is 3. The van der Waals surface area contributed by atoms with Crippen LogP contribution in [0.4, 0.5) is 14.5 Å². The minimum atomic E-state index is -3.01. The Bertz CT molecular complexity index is 794. The molecule has 4 nitrogen and oxygen atoms in total. The van der Waals surface area contributed by atoms with Crippen LogP contribution in [-0.4, -0.2) is 19.6 Å². The number of ether oxygens (including phenoxy) is 2. The van der Waals surface area contributed by atoms with Crippen LogP contribution < -0.4 is 14.8 Å². The van der Waals surface area contributed by atoms with Crippen LogP contribution in [0.2, 0.25) is 5.02 Å². The van der Waals surface area contributed by atoms with Gasteiger partial charge in [0.2, 0.25) is 5.91 Å². The molecular weight excluding hydrogens is 352 g/mol. The van der Waals surface area contributed by atoms with Crippen molar-refractivity contribution in [2.75, 3.05) is 12.4 Å². The summed E-state index contributed by atoms with van der Waals surface area (Å²) < 4.78 is 34.7. The molecule has 25 heavy (non-hydrogen) atoms. The number of para-hydroxylation sites is 1. The summed E-state index contributed by atoms with van der Waals surface area (Å²) in [6.07, 6.45) is 2.58. The van der Waals surface area contributed by atoms with Gasteiger partial charge in [-0.05, 0) is 36.8 Å². The molecule has 2 aromatic carbocycles. The van der Waals surface area contributed by atoms with Gasteiger partial charge in [0.15, 0.2) is 11.5 Å². The van der Waals surface area contributed by atoms with E-state index < -0.39 is 12.5 Å². The van der Waals surface area contributed by atoms with Crippen LogP contribution in [0.15, 0.2) is 42.5 Å². The molecule has 0 aliphatic heterocycles. The number of anilines is 1. The molecule has 132 valence electrons. The minimum Gasteiger partial charge on any atom is -0.493 e. The number of methoxy groups -OCH3 is 1. The van der Waals surface area contributed by atoms with Crippen LogP contribution in [0.5, 0.6) is 11.5 Å². The molecule has 1 amide bonds. The molecule has 0 fully saturated rings. The highest BCUT2D eigenvalue weighted by Gasteiger charge is 2.14. The molecular formula is C18H16ClF2NO3. The molecule has 7 heteroatoms. The monoisotopic (exact) mass is 367 g/mol. The summed E-state index contributed by atoms with van der Waals surface area (Å²) in [4.78, 5) is 12.0. The fourth-order valence-electron chi connectivity index (χ4n) is 2.06. The SMILES string of the molecule is COc1cccc(/C=C/C(=O)Nc2ccc(C)c(Cl)c2)c1OC(F)F. The van der Waals surface area contributed by atoms with Gasteiger partial charge in [-0.25, -0.2) is 0 Å². The maximum atomic E-state index is 12.6. The van der Waals surface area contributed by atoms with Gasteiger partial charge in [-0.2, -0.15) is 8.78 Å². The predicted octanol–water partition coefficient (Wildman–Crippen LogP) is 4.91. The van der Waals surface area contributed by atoms with Crippen molar-refractivity contribution in [3.05, 3.63) is 58.6 Å². The van der Waals surface area contributed by atoms with Gasteiger partial charge in [0.1, 0.15) is 0 Å². The van der Waals surface area contributed by atoms with Crippen molar-refractivity contribution in [1.82, 2.24) is 0 Å². The van der Waals surface area contributed by atoms with Gasteiger partial charge in [0, 0.05) is 22.3 Å². The van der Waals surface area contributed by atoms with Crippen LogP contribution in [0.3, 0.4) is 0 Å². The second-order valence-electron chi connectivity index (χ2n) is 5.04. The lowest BCUT2D eigenvalue weighted by atomic mass is 10.1. The van der Waals surface area contributed by atoms with Crippen molar-refractivity contribution >= 4 is 29.3 Å². The summed E-state index contributed by atoms with van der Waals surface area (Å²) in [6.45, 7) is -1.16. The first-order valence-corrected chi connectivity index (χ1v) is 7.65. The molecule has 0 heterocycles. The number of nitrogens with one attached hydrogen (secondary N) is 1. The molecule has 2 rings (SSSR count). The van der Waals surface area contributed by atoms with Crippen molar-refractivity contribution in [1.29, 1.82) is 0 Å². The van der Waals surface area contributed by atoms with E-state index in [2.05, 4.69) is 10.1 Å². The summed E-state index contributed by atoms with van der Waals surface area (Å²) in [6, 6.07) is 9.74. The topological polar surface area (TPSA) is 47.6 Å². The number of amides is 1. The number of hydrogen-bond donors (Lipinski definition) is 1. The normalized spacial score (nSPS) is 11.0. The van der Waals surface area contributed by atoms with E-state index in [-0.39, 0.29) is 17.1 Å². The average molecular weight is 368 g/mol. The predicted molar refractivity (Wildman–Crippen MR) is 93.5 cm³/mol. The van der Waals surface area contributed by atoms with Gasteiger partial charge < -0.3 is 14.8 Å². The van der Waals surface area contributed by atoms with Gasteiger partial charge >= 0.3 is 6.61 Å². The second kappa shape index (κ2) is 8.48. The Labute approximate surface area is 149 Å². The van der Waals surface area contributed by atoms with E-state index in [4.69, 9.17) is 16.3 Å². The Balaban J connectivity index is 2.17. The van der Waals surface area contributed by atoms with E-state index in [0.29, 0.717) is 10.7 Å². The number of alkyl halides is 2. The molecule has 0 aliphatic carbocycles. The molecule has 0 aromatic heterocycles. The third kappa shape index (κ3) is 5.19. The Hall–Kier alpha value is -2.60. The van der Waals surface area contributed by atoms with Gasteiger partial charge in [0.25, 0.3) is 0 Å². The van der Waals surface area contributed by atoms with E-state index in [1.807, 2.05) is 6.92 Å². The molecule has 0 saturated carbocycles. The zero-order valence-electron chi connectivity index (χ0n) is 13.6. The maximum absolute atomic E-state index is 12.6. The molecule has 0 bridgehead atoms.